The largest absolute Gasteiger partial charge is 0.279 e. The van der Waals surface area contributed by atoms with Gasteiger partial charge in [-0.25, -0.2) is 4.72 Å². The maximum atomic E-state index is 12.3. The average molecular weight is 345 g/mol. The molecule has 1 aliphatic rings. The third kappa shape index (κ3) is 5.15. The van der Waals surface area contributed by atoms with E-state index in [-0.39, 0.29) is 12.6 Å². The molecule has 0 spiro atoms. The molecule has 1 aliphatic heterocycles. The van der Waals surface area contributed by atoms with E-state index >= 15 is 0 Å². The fraction of sp³-hybridized carbons (Fsp3) is 0.600. The Labute approximate surface area is 135 Å². The van der Waals surface area contributed by atoms with Gasteiger partial charge in [0.1, 0.15) is 0 Å². The van der Waals surface area contributed by atoms with Gasteiger partial charge in [-0.05, 0) is 25.3 Å². The van der Waals surface area contributed by atoms with Crippen molar-refractivity contribution >= 4 is 21.0 Å². The van der Waals surface area contributed by atoms with Crippen LogP contribution in [0, 0.1) is 0 Å². The summed E-state index contributed by atoms with van der Waals surface area (Å²) in [4.78, 5) is 0. The maximum Gasteiger partial charge on any atom is 0.279 e. The van der Waals surface area contributed by atoms with E-state index in [1.807, 2.05) is 37.3 Å². The van der Waals surface area contributed by atoms with Crippen LogP contribution in [0.1, 0.15) is 31.7 Å². The zero-order chi connectivity index (χ0) is 16.0. The zero-order valence-corrected chi connectivity index (χ0v) is 14.5. The number of hydrogen-bond donors (Lipinski definition) is 1. The third-order valence-corrected chi connectivity index (χ3v) is 6.88. The second-order valence-electron chi connectivity index (χ2n) is 5.63. The second-order valence-corrected chi connectivity index (χ2v) is 8.91. The molecule has 0 bridgehead atoms. The van der Waals surface area contributed by atoms with Crippen molar-refractivity contribution in [3.05, 3.63) is 35.9 Å². The van der Waals surface area contributed by atoms with Crippen LogP contribution < -0.4 is 4.72 Å². The van der Waals surface area contributed by atoms with E-state index in [0.717, 1.165) is 24.8 Å². The topological polar surface area (TPSA) is 66.5 Å². The van der Waals surface area contributed by atoms with Gasteiger partial charge in [0.15, 0.2) is 0 Å². The smallest absolute Gasteiger partial charge is 0.259 e. The molecule has 7 heteroatoms. The molecule has 0 unspecified atom stereocenters. The number of benzene rings is 1. The molecule has 2 atom stereocenters. The zero-order valence-electron chi connectivity index (χ0n) is 12.9. The summed E-state index contributed by atoms with van der Waals surface area (Å²) in [6.45, 7) is 2.72. The molecule has 0 radical (unpaired) electrons. The van der Waals surface area contributed by atoms with Crippen LogP contribution in [0.3, 0.4) is 0 Å². The molecule has 124 valence electrons. The molecule has 22 heavy (non-hydrogen) atoms. The van der Waals surface area contributed by atoms with Crippen molar-refractivity contribution in [2.45, 2.75) is 38.0 Å². The number of rotatable bonds is 7. The summed E-state index contributed by atoms with van der Waals surface area (Å²) >= 11 is 0. The van der Waals surface area contributed by atoms with Crippen LogP contribution in [0.4, 0.5) is 0 Å². The minimum absolute atomic E-state index is 0.0427. The molecule has 1 aromatic carbocycles. The van der Waals surface area contributed by atoms with Crippen molar-refractivity contribution in [2.24, 2.45) is 0 Å². The minimum atomic E-state index is -3.45. The van der Waals surface area contributed by atoms with Crippen LogP contribution in [0.25, 0.3) is 0 Å². The van der Waals surface area contributed by atoms with Gasteiger partial charge in [0.25, 0.3) is 10.2 Å². The van der Waals surface area contributed by atoms with E-state index in [4.69, 9.17) is 0 Å². The summed E-state index contributed by atoms with van der Waals surface area (Å²) in [6.07, 6.45) is 2.89. The molecular formula is C15H24N2O3S2. The lowest BCUT2D eigenvalue weighted by molar-refractivity contribution is 0.265. The minimum Gasteiger partial charge on any atom is -0.259 e. The number of piperidine rings is 1. The van der Waals surface area contributed by atoms with Crippen molar-refractivity contribution in [3.63, 3.8) is 0 Å². The van der Waals surface area contributed by atoms with E-state index in [2.05, 4.69) is 4.72 Å². The molecule has 2 rings (SSSR count). The Balaban J connectivity index is 1.78. The summed E-state index contributed by atoms with van der Waals surface area (Å²) < 4.78 is 40.6. The van der Waals surface area contributed by atoms with E-state index in [1.54, 1.807) is 0 Å². The van der Waals surface area contributed by atoms with Crippen LogP contribution in [0.5, 0.6) is 0 Å². The average Bonchev–Trinajstić information content (AvgIpc) is 2.48. The van der Waals surface area contributed by atoms with Gasteiger partial charge in [-0.3, -0.25) is 4.21 Å². The van der Waals surface area contributed by atoms with E-state index in [9.17, 15) is 12.6 Å². The highest BCUT2D eigenvalue weighted by molar-refractivity contribution is 7.87. The van der Waals surface area contributed by atoms with Crippen molar-refractivity contribution in [3.8, 4) is 0 Å². The molecule has 1 fully saturated rings. The lowest BCUT2D eigenvalue weighted by Crippen LogP contribution is -2.48. The number of hydrogen-bond acceptors (Lipinski definition) is 3. The molecule has 0 amide bonds. The van der Waals surface area contributed by atoms with Gasteiger partial charge >= 0.3 is 0 Å². The fourth-order valence-corrected chi connectivity index (χ4v) is 5.27. The lowest BCUT2D eigenvalue weighted by atomic mass is 10.1. The van der Waals surface area contributed by atoms with Crippen LogP contribution in [0.15, 0.2) is 30.3 Å². The molecule has 1 aromatic rings. The summed E-state index contributed by atoms with van der Waals surface area (Å²) in [5, 5.41) is 0. The standard InChI is InChI=1S/C15H24N2O3S2/c1-14-7-5-6-11-17(14)22(19,20)16-10-12-21(18)13-15-8-3-2-4-9-15/h2-4,8-9,14,16H,5-7,10-13H2,1H3/t14-,21-/m1/s1. The molecule has 0 aliphatic carbocycles. The highest BCUT2D eigenvalue weighted by Gasteiger charge is 2.28. The SMILES string of the molecule is C[C@@H]1CCCCN1S(=O)(=O)NCC[S@@](=O)Cc1ccccc1. The van der Waals surface area contributed by atoms with Crippen molar-refractivity contribution in [2.75, 3.05) is 18.8 Å². The quantitative estimate of drug-likeness (QED) is 0.818. The summed E-state index contributed by atoms with van der Waals surface area (Å²) in [7, 11) is -4.52. The summed E-state index contributed by atoms with van der Waals surface area (Å²) in [5.74, 6) is 0.791. The van der Waals surface area contributed by atoms with E-state index in [1.165, 1.54) is 4.31 Å². The summed E-state index contributed by atoms with van der Waals surface area (Å²) in [5.41, 5.74) is 1.01. The monoisotopic (exact) mass is 344 g/mol. The van der Waals surface area contributed by atoms with Gasteiger partial charge in [0.05, 0.1) is 0 Å². The number of nitrogens with zero attached hydrogens (tertiary/aromatic N) is 1. The Hall–Kier alpha value is -0.760. The lowest BCUT2D eigenvalue weighted by Gasteiger charge is -2.32. The van der Waals surface area contributed by atoms with Crippen LogP contribution in [-0.4, -0.2) is 41.8 Å². The van der Waals surface area contributed by atoms with E-state index in [0.29, 0.717) is 18.1 Å². The Morgan fingerprint density at radius 2 is 2.00 bits per heavy atom. The van der Waals surface area contributed by atoms with Crippen molar-refractivity contribution in [1.29, 1.82) is 0 Å². The Morgan fingerprint density at radius 3 is 2.68 bits per heavy atom. The van der Waals surface area contributed by atoms with Crippen molar-refractivity contribution < 1.29 is 12.6 Å². The molecule has 5 nitrogen and oxygen atoms in total. The normalized spacial score (nSPS) is 21.6. The first kappa shape index (κ1) is 17.6. The predicted molar refractivity (Wildman–Crippen MR) is 90.1 cm³/mol. The first-order valence-corrected chi connectivity index (χ1v) is 10.6. The van der Waals surface area contributed by atoms with Crippen LogP contribution in [0.2, 0.25) is 0 Å². The Morgan fingerprint density at radius 1 is 1.27 bits per heavy atom. The van der Waals surface area contributed by atoms with Gasteiger partial charge in [0, 0.05) is 41.4 Å². The molecular weight excluding hydrogens is 320 g/mol. The molecule has 1 heterocycles. The van der Waals surface area contributed by atoms with Gasteiger partial charge in [-0.2, -0.15) is 12.7 Å². The fourth-order valence-electron chi connectivity index (χ4n) is 2.63. The first-order chi connectivity index (χ1) is 10.5. The van der Waals surface area contributed by atoms with Gasteiger partial charge in [-0.15, -0.1) is 0 Å². The predicted octanol–water partition coefficient (Wildman–Crippen LogP) is 1.64. The van der Waals surface area contributed by atoms with Crippen molar-refractivity contribution in [1.82, 2.24) is 9.03 Å². The number of nitrogens with one attached hydrogen (secondary N) is 1. The second kappa shape index (κ2) is 8.19. The van der Waals surface area contributed by atoms with Gasteiger partial charge in [-0.1, -0.05) is 36.8 Å². The first-order valence-electron chi connectivity index (χ1n) is 7.64. The molecule has 0 aromatic heterocycles. The Bertz CT molecular complexity index is 590. The highest BCUT2D eigenvalue weighted by Crippen LogP contribution is 2.18. The maximum absolute atomic E-state index is 12.3. The molecule has 1 N–H and O–H groups in total. The van der Waals surface area contributed by atoms with E-state index < -0.39 is 21.0 Å². The Kier molecular flexibility index (Phi) is 6.55. The summed E-state index contributed by atoms with van der Waals surface area (Å²) in [6, 6.07) is 9.64. The van der Waals surface area contributed by atoms with Gasteiger partial charge < -0.3 is 0 Å². The molecule has 1 saturated heterocycles. The molecule has 0 saturated carbocycles. The van der Waals surface area contributed by atoms with Crippen LogP contribution in [-0.2, 0) is 26.8 Å². The highest BCUT2D eigenvalue weighted by atomic mass is 32.2. The third-order valence-electron chi connectivity index (χ3n) is 3.84. The van der Waals surface area contributed by atoms with Crippen LogP contribution >= 0.6 is 0 Å². The van der Waals surface area contributed by atoms with Gasteiger partial charge in [0.2, 0.25) is 0 Å².